The Kier molecular flexibility index (Phi) is 2.49. The van der Waals surface area contributed by atoms with Crippen molar-refractivity contribution in [1.82, 2.24) is 9.97 Å². The van der Waals surface area contributed by atoms with Gasteiger partial charge in [-0.25, -0.2) is 4.98 Å². The highest BCUT2D eigenvalue weighted by atomic mass is 79.9. The molecule has 0 aromatic carbocycles. The number of fused-ring (bicyclic) bond motifs is 1. The molecule has 2 heterocycles. The van der Waals surface area contributed by atoms with Gasteiger partial charge < -0.3 is 4.42 Å². The van der Waals surface area contributed by atoms with E-state index in [-0.39, 0.29) is 5.35 Å². The van der Waals surface area contributed by atoms with Gasteiger partial charge >= 0.3 is 0 Å². The van der Waals surface area contributed by atoms with Gasteiger partial charge in [-0.15, -0.1) is 0 Å². The van der Waals surface area contributed by atoms with Gasteiger partial charge in [0, 0.05) is 4.47 Å². The number of hydrogen-bond acceptors (Lipinski definition) is 3. The smallest absolute Gasteiger partial charge is 0.294 e. The average molecular weight is 276 g/mol. The Morgan fingerprint density at radius 3 is 2.79 bits per heavy atom. The van der Waals surface area contributed by atoms with E-state index >= 15 is 0 Å². The largest absolute Gasteiger partial charge is 0.408 e. The fraction of sp³-hybridized carbons (Fsp3) is 0.333. The van der Waals surface area contributed by atoms with E-state index in [1.54, 1.807) is 0 Å². The number of oxazole rings is 1. The quantitative estimate of drug-likeness (QED) is 0.795. The van der Waals surface area contributed by atoms with E-state index in [0.717, 1.165) is 10.2 Å². The van der Waals surface area contributed by atoms with Crippen molar-refractivity contribution in [2.45, 2.75) is 19.8 Å². The molecule has 0 saturated carbocycles. The third-order valence-electron chi connectivity index (χ3n) is 1.89. The lowest BCUT2D eigenvalue weighted by Gasteiger charge is -2.05. The maximum absolute atomic E-state index is 5.63. The minimum atomic E-state index is 0.125. The van der Waals surface area contributed by atoms with Crippen molar-refractivity contribution in [3.63, 3.8) is 0 Å². The minimum Gasteiger partial charge on any atom is -0.408 e. The lowest BCUT2D eigenvalue weighted by molar-refractivity contribution is 0.589. The van der Waals surface area contributed by atoms with Gasteiger partial charge in [0.2, 0.25) is 5.71 Å². The van der Waals surface area contributed by atoms with Gasteiger partial charge in [-0.1, -0.05) is 13.8 Å². The van der Waals surface area contributed by atoms with Gasteiger partial charge in [0.25, 0.3) is 5.35 Å². The second-order valence-corrected chi connectivity index (χ2v) is 4.48. The Balaban J connectivity index is 2.70. The van der Waals surface area contributed by atoms with Crippen LogP contribution >= 0.6 is 27.5 Å². The van der Waals surface area contributed by atoms with Crippen molar-refractivity contribution in [2.24, 2.45) is 0 Å². The summed E-state index contributed by atoms with van der Waals surface area (Å²) in [5, 5.41) is 0.125. The topological polar surface area (TPSA) is 38.9 Å². The van der Waals surface area contributed by atoms with Crippen molar-refractivity contribution >= 4 is 38.8 Å². The molecule has 0 aliphatic carbocycles. The summed E-state index contributed by atoms with van der Waals surface area (Å²) in [7, 11) is 0. The fourth-order valence-corrected chi connectivity index (χ4v) is 2.16. The van der Waals surface area contributed by atoms with Crippen molar-refractivity contribution < 1.29 is 4.42 Å². The Labute approximate surface area is 94.6 Å². The molecule has 14 heavy (non-hydrogen) atoms. The molecule has 0 atom stereocenters. The molecule has 2 aromatic rings. The van der Waals surface area contributed by atoms with Crippen LogP contribution < -0.4 is 0 Å². The van der Waals surface area contributed by atoms with Crippen LogP contribution in [0, 0.1) is 0 Å². The molecule has 2 rings (SSSR count). The van der Waals surface area contributed by atoms with Crippen LogP contribution in [0.1, 0.15) is 25.5 Å². The van der Waals surface area contributed by atoms with Crippen LogP contribution in [-0.4, -0.2) is 9.97 Å². The average Bonchev–Trinajstić information content (AvgIpc) is 2.42. The van der Waals surface area contributed by atoms with Crippen LogP contribution in [0.25, 0.3) is 11.2 Å². The van der Waals surface area contributed by atoms with E-state index in [1.165, 1.54) is 0 Å². The molecule has 0 saturated heterocycles. The van der Waals surface area contributed by atoms with E-state index in [2.05, 4.69) is 39.7 Å². The van der Waals surface area contributed by atoms with Gasteiger partial charge in [0.15, 0.2) is 0 Å². The molecule has 0 bridgehead atoms. The molecule has 0 spiro atoms. The SMILES string of the molecule is CC(C)c1nc2oc(Cl)nc2cc1Br. The van der Waals surface area contributed by atoms with Crippen molar-refractivity contribution in [3.05, 3.63) is 21.6 Å². The molecule has 0 aliphatic rings. The van der Waals surface area contributed by atoms with Crippen molar-refractivity contribution in [2.75, 3.05) is 0 Å². The van der Waals surface area contributed by atoms with Gasteiger partial charge in [-0.2, -0.15) is 4.98 Å². The molecule has 0 fully saturated rings. The first kappa shape index (κ1) is 9.93. The summed E-state index contributed by atoms with van der Waals surface area (Å²) >= 11 is 9.07. The molecule has 5 heteroatoms. The Hall–Kier alpha value is -0.610. The van der Waals surface area contributed by atoms with Crippen LogP contribution in [0.4, 0.5) is 0 Å². The molecule has 3 nitrogen and oxygen atoms in total. The Morgan fingerprint density at radius 1 is 1.43 bits per heavy atom. The van der Waals surface area contributed by atoms with Crippen LogP contribution in [0.5, 0.6) is 0 Å². The van der Waals surface area contributed by atoms with E-state index in [4.69, 9.17) is 16.0 Å². The fourth-order valence-electron chi connectivity index (χ4n) is 1.23. The first-order chi connectivity index (χ1) is 6.58. The normalized spacial score (nSPS) is 11.5. The monoisotopic (exact) mass is 274 g/mol. The highest BCUT2D eigenvalue weighted by Gasteiger charge is 2.12. The maximum atomic E-state index is 5.63. The van der Waals surface area contributed by atoms with Gasteiger partial charge in [-0.3, -0.25) is 0 Å². The zero-order chi connectivity index (χ0) is 10.3. The summed E-state index contributed by atoms with van der Waals surface area (Å²) in [6, 6.07) is 1.87. The number of rotatable bonds is 1. The van der Waals surface area contributed by atoms with E-state index in [9.17, 15) is 0 Å². The number of nitrogens with zero attached hydrogens (tertiary/aromatic N) is 2. The van der Waals surface area contributed by atoms with Gasteiger partial charge in [0.1, 0.15) is 5.52 Å². The summed E-state index contributed by atoms with van der Waals surface area (Å²) in [6.45, 7) is 4.13. The first-order valence-electron chi connectivity index (χ1n) is 4.20. The highest BCUT2D eigenvalue weighted by Crippen LogP contribution is 2.27. The summed E-state index contributed by atoms with van der Waals surface area (Å²) in [5.41, 5.74) is 2.11. The third kappa shape index (κ3) is 1.64. The summed E-state index contributed by atoms with van der Waals surface area (Å²) in [6.07, 6.45) is 0. The van der Waals surface area contributed by atoms with Gasteiger partial charge in [0.05, 0.1) is 5.69 Å². The first-order valence-corrected chi connectivity index (χ1v) is 5.37. The number of halogens is 2. The molecule has 0 unspecified atom stereocenters. The van der Waals surface area contributed by atoms with Crippen molar-refractivity contribution in [1.29, 1.82) is 0 Å². The van der Waals surface area contributed by atoms with Crippen LogP contribution in [0.15, 0.2) is 15.0 Å². The van der Waals surface area contributed by atoms with Crippen LogP contribution in [0.3, 0.4) is 0 Å². The molecule has 0 amide bonds. The molecular weight excluding hydrogens is 267 g/mol. The molecule has 0 N–H and O–H groups in total. The van der Waals surface area contributed by atoms with Crippen LogP contribution in [0.2, 0.25) is 5.35 Å². The zero-order valence-corrected chi connectivity index (χ0v) is 10.1. The van der Waals surface area contributed by atoms with E-state index < -0.39 is 0 Å². The number of hydrogen-bond donors (Lipinski definition) is 0. The minimum absolute atomic E-state index is 0.125. The third-order valence-corrected chi connectivity index (χ3v) is 2.68. The lowest BCUT2D eigenvalue weighted by atomic mass is 10.1. The lowest BCUT2D eigenvalue weighted by Crippen LogP contribution is -1.93. The molecule has 0 radical (unpaired) electrons. The zero-order valence-electron chi connectivity index (χ0n) is 7.71. The summed E-state index contributed by atoms with van der Waals surface area (Å²) in [5.74, 6) is 0.331. The number of aromatic nitrogens is 2. The predicted molar refractivity (Wildman–Crippen MR) is 58.6 cm³/mol. The second kappa shape index (κ2) is 3.51. The van der Waals surface area contributed by atoms with E-state index in [1.807, 2.05) is 6.07 Å². The Bertz CT molecular complexity index is 481. The Morgan fingerprint density at radius 2 is 2.14 bits per heavy atom. The summed E-state index contributed by atoms with van der Waals surface area (Å²) in [4.78, 5) is 8.32. The maximum Gasteiger partial charge on any atom is 0.294 e. The molecule has 2 aromatic heterocycles. The van der Waals surface area contributed by atoms with E-state index in [0.29, 0.717) is 17.1 Å². The highest BCUT2D eigenvalue weighted by molar-refractivity contribution is 9.10. The van der Waals surface area contributed by atoms with Crippen molar-refractivity contribution in [3.8, 4) is 0 Å². The standard InChI is InChI=1S/C9H8BrClN2O/c1-4(2)7-5(10)3-6-8(13-7)14-9(11)12-6/h3-4H,1-2H3. The van der Waals surface area contributed by atoms with Crippen LogP contribution in [-0.2, 0) is 0 Å². The predicted octanol–water partition coefficient (Wildman–Crippen LogP) is 3.76. The molecule has 74 valence electrons. The molecular formula is C9H8BrClN2O. The second-order valence-electron chi connectivity index (χ2n) is 3.30. The number of pyridine rings is 1. The molecule has 0 aliphatic heterocycles. The summed E-state index contributed by atoms with van der Waals surface area (Å²) < 4.78 is 6.07. The van der Waals surface area contributed by atoms with Gasteiger partial charge in [-0.05, 0) is 39.5 Å².